The molecule has 3 heteroatoms. The number of nitrogens with two attached hydrogens (primary N) is 1. The number of imidazole rings is 1. The summed E-state index contributed by atoms with van der Waals surface area (Å²) < 4.78 is 2.18. The Kier molecular flexibility index (Phi) is 1.89. The summed E-state index contributed by atoms with van der Waals surface area (Å²) in [7, 11) is 0. The lowest BCUT2D eigenvalue weighted by atomic mass is 10.3. The molecule has 0 spiro atoms. The fourth-order valence-electron chi connectivity index (χ4n) is 1.51. The third kappa shape index (κ3) is 1.50. The van der Waals surface area contributed by atoms with Gasteiger partial charge < -0.3 is 10.3 Å². The van der Waals surface area contributed by atoms with Gasteiger partial charge in [-0.05, 0) is 19.8 Å². The van der Waals surface area contributed by atoms with Crippen molar-refractivity contribution in [3.63, 3.8) is 0 Å². The fraction of sp³-hybridized carbons (Fsp3) is 0.667. The Morgan fingerprint density at radius 1 is 1.75 bits per heavy atom. The third-order valence-electron chi connectivity index (χ3n) is 2.22. The summed E-state index contributed by atoms with van der Waals surface area (Å²) in [5, 5.41) is 0. The Labute approximate surface area is 72.6 Å². The van der Waals surface area contributed by atoms with Crippen LogP contribution in [0, 0.1) is 0 Å². The average Bonchev–Trinajstić information content (AvgIpc) is 2.73. The Bertz CT molecular complexity index is 260. The lowest BCUT2D eigenvalue weighted by molar-refractivity contribution is 0.571. The molecule has 1 aliphatic rings. The maximum absolute atomic E-state index is 5.72. The van der Waals surface area contributed by atoms with Gasteiger partial charge in [0.2, 0.25) is 0 Å². The van der Waals surface area contributed by atoms with Crippen LogP contribution < -0.4 is 5.73 Å². The van der Waals surface area contributed by atoms with E-state index in [0.717, 1.165) is 12.5 Å². The number of aromatic nitrogens is 2. The highest BCUT2D eigenvalue weighted by molar-refractivity contribution is 5.12. The SMILES string of the molecule is CC(N)Cn1cncc1C1CC1. The van der Waals surface area contributed by atoms with E-state index in [0.29, 0.717) is 0 Å². The highest BCUT2D eigenvalue weighted by Crippen LogP contribution is 2.39. The quantitative estimate of drug-likeness (QED) is 0.729. The molecule has 3 nitrogen and oxygen atoms in total. The van der Waals surface area contributed by atoms with Crippen LogP contribution in [0.3, 0.4) is 0 Å². The van der Waals surface area contributed by atoms with Crippen LogP contribution in [0.1, 0.15) is 31.4 Å². The molecule has 12 heavy (non-hydrogen) atoms. The Hall–Kier alpha value is -0.830. The van der Waals surface area contributed by atoms with E-state index in [4.69, 9.17) is 5.73 Å². The van der Waals surface area contributed by atoms with E-state index in [1.54, 1.807) is 0 Å². The van der Waals surface area contributed by atoms with E-state index in [-0.39, 0.29) is 6.04 Å². The number of rotatable bonds is 3. The van der Waals surface area contributed by atoms with E-state index >= 15 is 0 Å². The van der Waals surface area contributed by atoms with E-state index in [2.05, 4.69) is 9.55 Å². The second-order valence-corrected chi connectivity index (χ2v) is 3.72. The highest BCUT2D eigenvalue weighted by atomic mass is 15.1. The molecule has 1 aromatic heterocycles. The molecule has 1 aliphatic carbocycles. The molecule has 2 N–H and O–H groups in total. The molecule has 0 radical (unpaired) electrons. The maximum Gasteiger partial charge on any atom is 0.0948 e. The first-order chi connectivity index (χ1) is 5.77. The zero-order valence-corrected chi connectivity index (χ0v) is 7.40. The molecule has 0 amide bonds. The van der Waals surface area contributed by atoms with Crippen molar-refractivity contribution < 1.29 is 0 Å². The van der Waals surface area contributed by atoms with E-state index in [1.807, 2.05) is 19.4 Å². The molecule has 0 aliphatic heterocycles. The van der Waals surface area contributed by atoms with Crippen molar-refractivity contribution in [1.29, 1.82) is 0 Å². The van der Waals surface area contributed by atoms with Crippen molar-refractivity contribution in [3.8, 4) is 0 Å². The smallest absolute Gasteiger partial charge is 0.0948 e. The number of hydrogen-bond acceptors (Lipinski definition) is 2. The molecule has 1 saturated carbocycles. The normalized spacial score (nSPS) is 19.5. The molecular formula is C9H15N3. The standard InChI is InChI=1S/C9H15N3/c1-7(10)5-12-6-11-4-9(12)8-2-3-8/h4,6-8H,2-3,5,10H2,1H3. The van der Waals surface area contributed by atoms with Crippen LogP contribution in [0.15, 0.2) is 12.5 Å². The van der Waals surface area contributed by atoms with Gasteiger partial charge in [0.15, 0.2) is 0 Å². The van der Waals surface area contributed by atoms with E-state index in [1.165, 1.54) is 18.5 Å². The predicted octanol–water partition coefficient (Wildman–Crippen LogP) is 1.11. The summed E-state index contributed by atoms with van der Waals surface area (Å²) in [6.45, 7) is 2.92. The monoisotopic (exact) mass is 165 g/mol. The van der Waals surface area contributed by atoms with Crippen molar-refractivity contribution in [3.05, 3.63) is 18.2 Å². The van der Waals surface area contributed by atoms with Crippen molar-refractivity contribution in [2.45, 2.75) is 38.3 Å². The van der Waals surface area contributed by atoms with Crippen LogP contribution in [0.4, 0.5) is 0 Å². The second-order valence-electron chi connectivity index (χ2n) is 3.72. The van der Waals surface area contributed by atoms with Crippen molar-refractivity contribution >= 4 is 0 Å². The van der Waals surface area contributed by atoms with Crippen LogP contribution in [0.25, 0.3) is 0 Å². The molecule has 66 valence electrons. The first kappa shape index (κ1) is 7.80. The van der Waals surface area contributed by atoms with Crippen LogP contribution in [0.5, 0.6) is 0 Å². The van der Waals surface area contributed by atoms with Crippen LogP contribution in [-0.2, 0) is 6.54 Å². The first-order valence-corrected chi connectivity index (χ1v) is 4.53. The fourth-order valence-corrected chi connectivity index (χ4v) is 1.51. The molecular weight excluding hydrogens is 150 g/mol. The number of nitrogens with zero attached hydrogens (tertiary/aromatic N) is 2. The van der Waals surface area contributed by atoms with Gasteiger partial charge in [-0.25, -0.2) is 4.98 Å². The van der Waals surface area contributed by atoms with Crippen LogP contribution in [0.2, 0.25) is 0 Å². The predicted molar refractivity (Wildman–Crippen MR) is 47.9 cm³/mol. The second kappa shape index (κ2) is 2.90. The lowest BCUT2D eigenvalue weighted by Gasteiger charge is -2.09. The largest absolute Gasteiger partial charge is 0.333 e. The van der Waals surface area contributed by atoms with Gasteiger partial charge in [-0.2, -0.15) is 0 Å². The summed E-state index contributed by atoms with van der Waals surface area (Å²) in [4.78, 5) is 4.14. The zero-order valence-electron chi connectivity index (χ0n) is 7.40. The molecule has 1 unspecified atom stereocenters. The molecule has 1 aromatic rings. The van der Waals surface area contributed by atoms with Crippen molar-refractivity contribution in [1.82, 2.24) is 9.55 Å². The summed E-state index contributed by atoms with van der Waals surface area (Å²) in [6, 6.07) is 0.219. The van der Waals surface area contributed by atoms with Crippen LogP contribution in [-0.4, -0.2) is 15.6 Å². The minimum atomic E-state index is 0.219. The van der Waals surface area contributed by atoms with Gasteiger partial charge >= 0.3 is 0 Å². The summed E-state index contributed by atoms with van der Waals surface area (Å²) in [6.07, 6.45) is 6.51. The molecule has 0 bridgehead atoms. The molecule has 1 fully saturated rings. The van der Waals surface area contributed by atoms with Gasteiger partial charge in [-0.3, -0.25) is 0 Å². The van der Waals surface area contributed by atoms with E-state index < -0.39 is 0 Å². The zero-order chi connectivity index (χ0) is 8.55. The average molecular weight is 165 g/mol. The van der Waals surface area contributed by atoms with Gasteiger partial charge in [-0.1, -0.05) is 0 Å². The maximum atomic E-state index is 5.72. The lowest BCUT2D eigenvalue weighted by Crippen LogP contribution is -2.22. The molecule has 0 saturated heterocycles. The van der Waals surface area contributed by atoms with Gasteiger partial charge in [0.1, 0.15) is 0 Å². The highest BCUT2D eigenvalue weighted by Gasteiger charge is 2.26. The van der Waals surface area contributed by atoms with Gasteiger partial charge in [0.05, 0.1) is 6.33 Å². The van der Waals surface area contributed by atoms with Crippen LogP contribution >= 0.6 is 0 Å². The van der Waals surface area contributed by atoms with Gasteiger partial charge in [0.25, 0.3) is 0 Å². The Morgan fingerprint density at radius 3 is 3.08 bits per heavy atom. The van der Waals surface area contributed by atoms with Gasteiger partial charge in [0, 0.05) is 30.4 Å². The van der Waals surface area contributed by atoms with Crippen molar-refractivity contribution in [2.75, 3.05) is 0 Å². The third-order valence-corrected chi connectivity index (χ3v) is 2.22. The molecule has 1 heterocycles. The Morgan fingerprint density at radius 2 is 2.50 bits per heavy atom. The Balaban J connectivity index is 2.13. The van der Waals surface area contributed by atoms with Crippen molar-refractivity contribution in [2.24, 2.45) is 5.73 Å². The molecule has 2 rings (SSSR count). The van der Waals surface area contributed by atoms with Gasteiger partial charge in [-0.15, -0.1) is 0 Å². The minimum absolute atomic E-state index is 0.219. The number of hydrogen-bond donors (Lipinski definition) is 1. The molecule has 0 aromatic carbocycles. The summed E-state index contributed by atoms with van der Waals surface area (Å²) >= 11 is 0. The van der Waals surface area contributed by atoms with E-state index in [9.17, 15) is 0 Å². The summed E-state index contributed by atoms with van der Waals surface area (Å²) in [5.41, 5.74) is 7.09. The minimum Gasteiger partial charge on any atom is -0.333 e. The molecule has 1 atom stereocenters. The topological polar surface area (TPSA) is 43.8 Å². The first-order valence-electron chi connectivity index (χ1n) is 4.53. The summed E-state index contributed by atoms with van der Waals surface area (Å²) in [5.74, 6) is 0.770.